The molecule has 4 heteroatoms. The van der Waals surface area contributed by atoms with Gasteiger partial charge in [-0.25, -0.2) is 0 Å². The summed E-state index contributed by atoms with van der Waals surface area (Å²) in [6, 6.07) is 11.7. The van der Waals surface area contributed by atoms with Gasteiger partial charge in [-0.1, -0.05) is 30.3 Å². The van der Waals surface area contributed by atoms with Gasteiger partial charge < -0.3 is 4.90 Å². The van der Waals surface area contributed by atoms with E-state index < -0.39 is 0 Å². The third kappa shape index (κ3) is 4.37. The number of piperazine rings is 1. The molecule has 124 valence electrons. The van der Waals surface area contributed by atoms with Gasteiger partial charge in [-0.05, 0) is 36.4 Å². The molecule has 1 aromatic carbocycles. The van der Waals surface area contributed by atoms with Crippen LogP contribution in [0.1, 0.15) is 21.5 Å². The van der Waals surface area contributed by atoms with Gasteiger partial charge in [0.25, 0.3) is 0 Å². The summed E-state index contributed by atoms with van der Waals surface area (Å²) in [5.74, 6) is 0.0450. The topological polar surface area (TPSA) is 36.4 Å². The Morgan fingerprint density at radius 3 is 2.67 bits per heavy atom. The van der Waals surface area contributed by atoms with Crippen LogP contribution < -0.4 is 0 Å². The SMILES string of the molecule is CN1CCN(Cc2ccccc2C(=O)C=Cc2cccnc2)CC1. The van der Waals surface area contributed by atoms with Crippen LogP contribution in [0, 0.1) is 0 Å². The lowest BCUT2D eigenvalue weighted by molar-refractivity contribution is 0.104. The van der Waals surface area contributed by atoms with E-state index in [1.807, 2.05) is 36.4 Å². The van der Waals surface area contributed by atoms with Gasteiger partial charge in [0.15, 0.2) is 5.78 Å². The number of pyridine rings is 1. The fourth-order valence-corrected chi connectivity index (χ4v) is 2.88. The highest BCUT2D eigenvalue weighted by Crippen LogP contribution is 2.15. The Kier molecular flexibility index (Phi) is 5.51. The van der Waals surface area contributed by atoms with Crippen molar-refractivity contribution in [2.75, 3.05) is 33.2 Å². The highest BCUT2D eigenvalue weighted by atomic mass is 16.1. The predicted molar refractivity (Wildman–Crippen MR) is 96.8 cm³/mol. The molecule has 4 nitrogen and oxygen atoms in total. The number of rotatable bonds is 5. The molecule has 2 heterocycles. The zero-order chi connectivity index (χ0) is 16.8. The molecule has 3 rings (SSSR count). The summed E-state index contributed by atoms with van der Waals surface area (Å²) in [5.41, 5.74) is 2.82. The van der Waals surface area contributed by atoms with Crippen molar-refractivity contribution < 1.29 is 4.79 Å². The van der Waals surface area contributed by atoms with Crippen LogP contribution >= 0.6 is 0 Å². The fraction of sp³-hybridized carbons (Fsp3) is 0.300. The highest BCUT2D eigenvalue weighted by Gasteiger charge is 2.16. The first-order chi connectivity index (χ1) is 11.7. The molecule has 0 bridgehead atoms. The van der Waals surface area contributed by atoms with E-state index in [0.29, 0.717) is 0 Å². The molecule has 1 fully saturated rings. The van der Waals surface area contributed by atoms with Crippen molar-refractivity contribution in [1.82, 2.24) is 14.8 Å². The summed E-state index contributed by atoms with van der Waals surface area (Å²) in [4.78, 5) is 21.4. The molecule has 0 spiro atoms. The van der Waals surface area contributed by atoms with E-state index in [1.165, 1.54) is 0 Å². The predicted octanol–water partition coefficient (Wildman–Crippen LogP) is 2.73. The first-order valence-corrected chi connectivity index (χ1v) is 8.33. The van der Waals surface area contributed by atoms with E-state index >= 15 is 0 Å². The van der Waals surface area contributed by atoms with Gasteiger partial charge in [-0.15, -0.1) is 0 Å². The molecule has 0 atom stereocenters. The maximum atomic E-state index is 12.6. The molecular weight excluding hydrogens is 298 g/mol. The number of benzene rings is 1. The van der Waals surface area contributed by atoms with E-state index in [9.17, 15) is 4.79 Å². The summed E-state index contributed by atoms with van der Waals surface area (Å²) in [7, 11) is 2.15. The van der Waals surface area contributed by atoms with E-state index in [-0.39, 0.29) is 5.78 Å². The average Bonchev–Trinajstić information content (AvgIpc) is 2.63. The largest absolute Gasteiger partial charge is 0.304 e. The van der Waals surface area contributed by atoms with Gasteiger partial charge in [0, 0.05) is 50.7 Å². The first-order valence-electron chi connectivity index (χ1n) is 8.33. The molecule has 1 aliphatic heterocycles. The number of ketones is 1. The minimum Gasteiger partial charge on any atom is -0.304 e. The van der Waals surface area contributed by atoms with Gasteiger partial charge in [0.1, 0.15) is 0 Å². The second-order valence-electron chi connectivity index (χ2n) is 6.22. The van der Waals surface area contributed by atoms with Crippen molar-refractivity contribution >= 4 is 11.9 Å². The zero-order valence-corrected chi connectivity index (χ0v) is 14.1. The molecule has 1 aliphatic rings. The minimum atomic E-state index is 0.0450. The summed E-state index contributed by atoms with van der Waals surface area (Å²) in [6.07, 6.45) is 6.94. The zero-order valence-electron chi connectivity index (χ0n) is 14.1. The molecule has 0 saturated carbocycles. The van der Waals surface area contributed by atoms with Crippen molar-refractivity contribution in [3.63, 3.8) is 0 Å². The number of carbonyl (C=O) groups is 1. The Bertz CT molecular complexity index is 704. The fourth-order valence-electron chi connectivity index (χ4n) is 2.88. The monoisotopic (exact) mass is 321 g/mol. The Labute approximate surface area is 143 Å². The van der Waals surface area contributed by atoms with E-state index in [4.69, 9.17) is 0 Å². The van der Waals surface area contributed by atoms with Crippen LogP contribution in [-0.2, 0) is 6.54 Å². The van der Waals surface area contributed by atoms with Crippen molar-refractivity contribution in [1.29, 1.82) is 0 Å². The standard InChI is InChI=1S/C20H23N3O/c1-22-11-13-23(14-12-22)16-18-6-2-3-7-19(18)20(24)9-8-17-5-4-10-21-15-17/h2-10,15H,11-14,16H2,1H3. The number of hydrogen-bond donors (Lipinski definition) is 0. The molecule has 0 aliphatic carbocycles. The third-order valence-electron chi connectivity index (χ3n) is 4.38. The van der Waals surface area contributed by atoms with Crippen LogP contribution in [0.4, 0.5) is 0 Å². The number of carbonyl (C=O) groups excluding carboxylic acids is 1. The van der Waals surface area contributed by atoms with Gasteiger partial charge in [-0.2, -0.15) is 0 Å². The number of likely N-dealkylation sites (N-methyl/N-ethyl adjacent to an activating group) is 1. The molecule has 0 unspecified atom stereocenters. The maximum Gasteiger partial charge on any atom is 0.186 e. The normalized spacial score (nSPS) is 16.5. The van der Waals surface area contributed by atoms with Gasteiger partial charge in [0.2, 0.25) is 0 Å². The maximum absolute atomic E-state index is 12.6. The van der Waals surface area contributed by atoms with Crippen LogP contribution in [0.3, 0.4) is 0 Å². The Balaban J connectivity index is 1.71. The third-order valence-corrected chi connectivity index (χ3v) is 4.38. The summed E-state index contributed by atoms with van der Waals surface area (Å²) < 4.78 is 0. The van der Waals surface area contributed by atoms with Crippen molar-refractivity contribution in [3.8, 4) is 0 Å². The number of aromatic nitrogens is 1. The number of nitrogens with zero attached hydrogens (tertiary/aromatic N) is 3. The molecule has 1 aromatic heterocycles. The van der Waals surface area contributed by atoms with E-state index in [0.717, 1.165) is 49.4 Å². The summed E-state index contributed by atoms with van der Waals surface area (Å²) >= 11 is 0. The van der Waals surface area contributed by atoms with Crippen LogP contribution in [0.15, 0.2) is 54.9 Å². The summed E-state index contributed by atoms with van der Waals surface area (Å²) in [5, 5.41) is 0. The second-order valence-corrected chi connectivity index (χ2v) is 6.22. The molecular formula is C20H23N3O. The van der Waals surface area contributed by atoms with E-state index in [1.54, 1.807) is 18.5 Å². The lowest BCUT2D eigenvalue weighted by atomic mass is 10.0. The quantitative estimate of drug-likeness (QED) is 0.627. The number of allylic oxidation sites excluding steroid dienone is 1. The molecule has 24 heavy (non-hydrogen) atoms. The Hall–Kier alpha value is -2.30. The lowest BCUT2D eigenvalue weighted by Crippen LogP contribution is -2.44. The van der Waals surface area contributed by atoms with Crippen LogP contribution in [0.2, 0.25) is 0 Å². The van der Waals surface area contributed by atoms with Crippen molar-refractivity contribution in [2.45, 2.75) is 6.54 Å². The van der Waals surface area contributed by atoms with Crippen LogP contribution in [0.5, 0.6) is 0 Å². The Morgan fingerprint density at radius 1 is 1.12 bits per heavy atom. The van der Waals surface area contributed by atoms with Crippen molar-refractivity contribution in [3.05, 3.63) is 71.6 Å². The molecule has 0 amide bonds. The smallest absolute Gasteiger partial charge is 0.186 e. The van der Waals surface area contributed by atoms with Gasteiger partial charge >= 0.3 is 0 Å². The highest BCUT2D eigenvalue weighted by molar-refractivity contribution is 6.07. The molecule has 1 saturated heterocycles. The lowest BCUT2D eigenvalue weighted by Gasteiger charge is -2.32. The number of hydrogen-bond acceptors (Lipinski definition) is 4. The average molecular weight is 321 g/mol. The molecule has 0 radical (unpaired) electrons. The van der Waals surface area contributed by atoms with Gasteiger partial charge in [-0.3, -0.25) is 14.7 Å². The second kappa shape index (κ2) is 7.99. The molecule has 0 N–H and O–H groups in total. The Morgan fingerprint density at radius 2 is 1.92 bits per heavy atom. The summed E-state index contributed by atoms with van der Waals surface area (Å²) in [6.45, 7) is 5.08. The van der Waals surface area contributed by atoms with Crippen LogP contribution in [-0.4, -0.2) is 53.8 Å². The van der Waals surface area contributed by atoms with Crippen molar-refractivity contribution in [2.24, 2.45) is 0 Å². The van der Waals surface area contributed by atoms with Crippen LogP contribution in [0.25, 0.3) is 6.08 Å². The minimum absolute atomic E-state index is 0.0450. The first kappa shape index (κ1) is 16.6. The van der Waals surface area contributed by atoms with Gasteiger partial charge in [0.05, 0.1) is 0 Å². The molecule has 2 aromatic rings. The van der Waals surface area contributed by atoms with E-state index in [2.05, 4.69) is 27.9 Å².